The van der Waals surface area contributed by atoms with E-state index < -0.39 is 17.4 Å². The molecule has 2 rings (SSSR count). The van der Waals surface area contributed by atoms with Crippen LogP contribution in [0.4, 0.5) is 13.2 Å². The lowest BCUT2D eigenvalue weighted by molar-refractivity contribution is -0.141. The lowest BCUT2D eigenvalue weighted by Gasteiger charge is -2.19. The fourth-order valence-corrected chi connectivity index (χ4v) is 1.87. The van der Waals surface area contributed by atoms with Crippen molar-refractivity contribution < 1.29 is 13.2 Å². The molecule has 2 aromatic rings. The summed E-state index contributed by atoms with van der Waals surface area (Å²) in [7, 11) is 0. The highest BCUT2D eigenvalue weighted by atomic mass is 19.4. The van der Waals surface area contributed by atoms with Crippen LogP contribution >= 0.6 is 0 Å². The van der Waals surface area contributed by atoms with Crippen molar-refractivity contribution in [2.24, 2.45) is 0 Å². The number of alkyl halides is 3. The van der Waals surface area contributed by atoms with E-state index in [2.05, 4.69) is 9.97 Å². The van der Waals surface area contributed by atoms with E-state index in [1.807, 2.05) is 32.9 Å². The molecule has 0 bridgehead atoms. The Bertz CT molecular complexity index is 695. The number of rotatable bonds is 1. The van der Waals surface area contributed by atoms with Crippen molar-refractivity contribution in [3.05, 3.63) is 51.9 Å². The Kier molecular flexibility index (Phi) is 3.65. The summed E-state index contributed by atoms with van der Waals surface area (Å²) in [5.41, 5.74) is -0.604. The van der Waals surface area contributed by atoms with Crippen molar-refractivity contribution >= 4 is 0 Å². The van der Waals surface area contributed by atoms with E-state index in [0.717, 1.165) is 5.56 Å². The number of benzene rings is 1. The van der Waals surface area contributed by atoms with Crippen molar-refractivity contribution in [1.82, 2.24) is 9.97 Å². The maximum Gasteiger partial charge on any atom is 0.433 e. The van der Waals surface area contributed by atoms with E-state index in [-0.39, 0.29) is 11.2 Å². The first-order valence-electron chi connectivity index (χ1n) is 6.37. The highest BCUT2D eigenvalue weighted by Crippen LogP contribution is 2.28. The van der Waals surface area contributed by atoms with Crippen molar-refractivity contribution in [3.8, 4) is 11.4 Å². The molecule has 0 fully saturated rings. The quantitative estimate of drug-likeness (QED) is 0.871. The molecule has 0 aliphatic rings. The molecule has 0 aliphatic heterocycles. The molecule has 0 saturated heterocycles. The summed E-state index contributed by atoms with van der Waals surface area (Å²) in [6, 6.07) is 7.39. The predicted octanol–water partition coefficient (Wildman–Crippen LogP) is 3.75. The van der Waals surface area contributed by atoms with Crippen LogP contribution in [0.1, 0.15) is 32.0 Å². The molecular weight excluding hydrogens is 281 g/mol. The molecule has 112 valence electrons. The van der Waals surface area contributed by atoms with Crippen molar-refractivity contribution in [1.29, 1.82) is 0 Å². The molecule has 1 aromatic heterocycles. The van der Waals surface area contributed by atoms with Crippen LogP contribution in [-0.4, -0.2) is 9.97 Å². The van der Waals surface area contributed by atoms with Crippen LogP contribution in [0.5, 0.6) is 0 Å². The summed E-state index contributed by atoms with van der Waals surface area (Å²) < 4.78 is 38.0. The van der Waals surface area contributed by atoms with Gasteiger partial charge >= 0.3 is 6.18 Å². The van der Waals surface area contributed by atoms with Gasteiger partial charge in [-0.05, 0) is 11.0 Å². The first-order valence-corrected chi connectivity index (χ1v) is 6.37. The number of H-pyrrole nitrogens is 1. The largest absolute Gasteiger partial charge is 0.433 e. The molecule has 0 aliphatic carbocycles. The molecule has 0 radical (unpaired) electrons. The number of nitrogens with zero attached hydrogens (tertiary/aromatic N) is 1. The first-order chi connectivity index (χ1) is 9.57. The SMILES string of the molecule is CC(C)(C)c1ccc(-c2nc(C(F)(F)F)cc(=O)[nH]2)cc1. The van der Waals surface area contributed by atoms with E-state index in [1.54, 1.807) is 12.1 Å². The number of nitrogens with one attached hydrogen (secondary N) is 1. The van der Waals surface area contributed by atoms with Crippen molar-refractivity contribution in [2.75, 3.05) is 0 Å². The number of hydrogen-bond donors (Lipinski definition) is 1. The third kappa shape index (κ3) is 3.51. The van der Waals surface area contributed by atoms with Crippen LogP contribution in [0.25, 0.3) is 11.4 Å². The molecule has 0 saturated carbocycles. The molecule has 21 heavy (non-hydrogen) atoms. The van der Waals surface area contributed by atoms with E-state index in [9.17, 15) is 18.0 Å². The number of aromatic amines is 1. The zero-order chi connectivity index (χ0) is 15.8. The Morgan fingerprint density at radius 2 is 1.62 bits per heavy atom. The van der Waals surface area contributed by atoms with Crippen LogP contribution in [0.15, 0.2) is 35.1 Å². The summed E-state index contributed by atoms with van der Waals surface area (Å²) >= 11 is 0. The average molecular weight is 296 g/mol. The summed E-state index contributed by atoms with van der Waals surface area (Å²) in [6.07, 6.45) is -4.64. The normalized spacial score (nSPS) is 12.5. The van der Waals surface area contributed by atoms with Crippen LogP contribution < -0.4 is 5.56 Å². The minimum absolute atomic E-state index is 0.0623. The van der Waals surface area contributed by atoms with Crippen LogP contribution in [0.2, 0.25) is 0 Å². The van der Waals surface area contributed by atoms with Gasteiger partial charge in [0, 0.05) is 11.6 Å². The fraction of sp³-hybridized carbons (Fsp3) is 0.333. The monoisotopic (exact) mass is 296 g/mol. The highest BCUT2D eigenvalue weighted by molar-refractivity contribution is 5.55. The Morgan fingerprint density at radius 1 is 1.05 bits per heavy atom. The Morgan fingerprint density at radius 3 is 2.10 bits per heavy atom. The zero-order valence-electron chi connectivity index (χ0n) is 11.9. The van der Waals surface area contributed by atoms with Gasteiger partial charge in [0.05, 0.1) is 0 Å². The third-order valence-corrected chi connectivity index (χ3v) is 3.06. The number of hydrogen-bond acceptors (Lipinski definition) is 2. The van der Waals surface area contributed by atoms with Crippen LogP contribution in [-0.2, 0) is 11.6 Å². The lowest BCUT2D eigenvalue weighted by Crippen LogP contribution is -2.17. The van der Waals surface area contributed by atoms with Crippen molar-refractivity contribution in [2.45, 2.75) is 32.4 Å². The molecule has 1 aromatic carbocycles. The second kappa shape index (κ2) is 5.02. The molecular formula is C15H15F3N2O. The Labute approximate surface area is 119 Å². The third-order valence-electron chi connectivity index (χ3n) is 3.06. The molecule has 3 nitrogen and oxygen atoms in total. The summed E-state index contributed by atoms with van der Waals surface area (Å²) in [5.74, 6) is -0.0877. The van der Waals surface area contributed by atoms with Gasteiger partial charge in [-0.25, -0.2) is 4.98 Å². The van der Waals surface area contributed by atoms with Crippen LogP contribution in [0.3, 0.4) is 0 Å². The van der Waals surface area contributed by atoms with E-state index in [0.29, 0.717) is 11.6 Å². The number of halogens is 3. The van der Waals surface area contributed by atoms with Gasteiger partial charge in [0.15, 0.2) is 5.69 Å². The first kappa shape index (κ1) is 15.3. The second-order valence-electron chi connectivity index (χ2n) is 5.80. The lowest BCUT2D eigenvalue weighted by atomic mass is 9.87. The summed E-state index contributed by atoms with van der Waals surface area (Å²) in [4.78, 5) is 17.2. The molecule has 0 atom stereocenters. The fourth-order valence-electron chi connectivity index (χ4n) is 1.87. The van der Waals surface area contributed by atoms with Crippen molar-refractivity contribution in [3.63, 3.8) is 0 Å². The van der Waals surface area contributed by atoms with E-state index in [1.165, 1.54) is 0 Å². The standard InChI is InChI=1S/C15H15F3N2O/c1-14(2,3)10-6-4-9(5-7-10)13-19-11(15(16,17)18)8-12(21)20-13/h4-8H,1-3H3,(H,19,20,21). The maximum atomic E-state index is 12.7. The molecule has 0 spiro atoms. The van der Waals surface area contributed by atoms with Gasteiger partial charge in [0.1, 0.15) is 5.82 Å². The van der Waals surface area contributed by atoms with Gasteiger partial charge in [-0.2, -0.15) is 13.2 Å². The van der Waals surface area contributed by atoms with Gasteiger partial charge < -0.3 is 4.98 Å². The van der Waals surface area contributed by atoms with Crippen LogP contribution in [0, 0.1) is 0 Å². The average Bonchev–Trinajstić information content (AvgIpc) is 2.36. The summed E-state index contributed by atoms with van der Waals surface area (Å²) in [6.45, 7) is 6.10. The molecule has 6 heteroatoms. The van der Waals surface area contributed by atoms with Gasteiger partial charge in [-0.3, -0.25) is 4.79 Å². The highest BCUT2D eigenvalue weighted by Gasteiger charge is 2.33. The molecule has 1 heterocycles. The van der Waals surface area contributed by atoms with E-state index in [4.69, 9.17) is 0 Å². The summed E-state index contributed by atoms with van der Waals surface area (Å²) in [5, 5.41) is 0. The predicted molar refractivity (Wildman–Crippen MR) is 74.0 cm³/mol. The second-order valence-corrected chi connectivity index (χ2v) is 5.80. The number of aromatic nitrogens is 2. The molecule has 0 amide bonds. The molecule has 1 N–H and O–H groups in total. The van der Waals surface area contributed by atoms with Gasteiger partial charge in [0.2, 0.25) is 0 Å². The Balaban J connectivity index is 2.48. The molecule has 0 unspecified atom stereocenters. The maximum absolute atomic E-state index is 12.7. The van der Waals surface area contributed by atoms with E-state index >= 15 is 0 Å². The van der Waals surface area contributed by atoms with Gasteiger partial charge in [0.25, 0.3) is 5.56 Å². The van der Waals surface area contributed by atoms with Gasteiger partial charge in [-0.15, -0.1) is 0 Å². The van der Waals surface area contributed by atoms with Gasteiger partial charge in [-0.1, -0.05) is 45.0 Å². The topological polar surface area (TPSA) is 45.8 Å². The zero-order valence-corrected chi connectivity index (χ0v) is 11.9. The minimum Gasteiger partial charge on any atom is -0.307 e. The smallest absolute Gasteiger partial charge is 0.307 e. The Hall–Kier alpha value is -2.11. The minimum atomic E-state index is -4.64.